The first-order valence-corrected chi connectivity index (χ1v) is 8.74. The number of nitrogens with zero attached hydrogens (tertiary/aromatic N) is 4. The van der Waals surface area contributed by atoms with Crippen LogP contribution in [0.3, 0.4) is 0 Å². The van der Waals surface area contributed by atoms with Crippen molar-refractivity contribution in [1.29, 1.82) is 0 Å². The minimum absolute atomic E-state index is 0.0826. The first-order chi connectivity index (χ1) is 14.4. The molecule has 0 atom stereocenters. The summed E-state index contributed by atoms with van der Waals surface area (Å²) in [7, 11) is 4.77. The zero-order chi connectivity index (χ0) is 21.7. The Bertz CT molecular complexity index is 1120. The van der Waals surface area contributed by atoms with Crippen molar-refractivity contribution in [1.82, 2.24) is 25.8 Å². The zero-order valence-electron chi connectivity index (χ0n) is 16.5. The highest BCUT2D eigenvalue weighted by Crippen LogP contribution is 2.29. The number of hydrogen-bond donors (Lipinski definition) is 3. The number of pyridine rings is 1. The lowest BCUT2D eigenvalue weighted by atomic mass is 10.2. The summed E-state index contributed by atoms with van der Waals surface area (Å²) >= 11 is 0. The molecule has 3 aromatic rings. The minimum Gasteiger partial charge on any atom is -0.479 e. The monoisotopic (exact) mass is 409 g/mol. The highest BCUT2D eigenvalue weighted by Gasteiger charge is 2.21. The van der Waals surface area contributed by atoms with E-state index >= 15 is 0 Å². The number of nitrogens with one attached hydrogen (secondary N) is 3. The number of amides is 3. The van der Waals surface area contributed by atoms with Gasteiger partial charge in [-0.25, -0.2) is 9.97 Å². The third kappa shape index (κ3) is 4.41. The molecule has 0 saturated heterocycles. The average molecular weight is 409 g/mol. The highest BCUT2D eigenvalue weighted by molar-refractivity contribution is 6.40. The van der Waals surface area contributed by atoms with Gasteiger partial charge in [0.1, 0.15) is 17.7 Å². The van der Waals surface area contributed by atoms with E-state index in [0.717, 1.165) is 5.39 Å². The van der Waals surface area contributed by atoms with Crippen molar-refractivity contribution >= 4 is 40.1 Å². The fraction of sp³-hybridized carbons (Fsp3) is 0.158. The van der Waals surface area contributed by atoms with Gasteiger partial charge < -0.3 is 15.0 Å². The van der Waals surface area contributed by atoms with Crippen LogP contribution in [0.1, 0.15) is 10.5 Å². The molecule has 11 nitrogen and oxygen atoms in total. The first kappa shape index (κ1) is 20.5. The maximum atomic E-state index is 12.3. The molecule has 30 heavy (non-hydrogen) atoms. The molecule has 0 bridgehead atoms. The lowest BCUT2D eigenvalue weighted by molar-refractivity contribution is -0.136. The second kappa shape index (κ2) is 8.82. The van der Waals surface area contributed by atoms with Crippen molar-refractivity contribution in [2.45, 2.75) is 0 Å². The summed E-state index contributed by atoms with van der Waals surface area (Å²) < 4.78 is 5.11. The van der Waals surface area contributed by atoms with Crippen LogP contribution in [0.25, 0.3) is 10.9 Å². The molecule has 0 aliphatic rings. The number of fused-ring (bicyclic) bond motifs is 1. The number of hydrogen-bond acceptors (Lipinski definition) is 8. The first-order valence-electron chi connectivity index (χ1n) is 8.74. The third-order valence-corrected chi connectivity index (χ3v) is 3.97. The number of ether oxygens (including phenoxy) is 1. The molecule has 0 saturated carbocycles. The van der Waals surface area contributed by atoms with Crippen LogP contribution in [-0.2, 0) is 9.59 Å². The SMILES string of the molecule is COc1ncnc(N(C)C)c1NC(=O)C(=O)NNC(=O)c1ccc2ccccc2n1. The Morgan fingerprint density at radius 3 is 2.47 bits per heavy atom. The summed E-state index contributed by atoms with van der Waals surface area (Å²) in [5, 5.41) is 3.26. The summed E-state index contributed by atoms with van der Waals surface area (Å²) in [4.78, 5) is 50.4. The Balaban J connectivity index is 1.66. The number of methoxy groups -OCH3 is 1. The molecule has 2 heterocycles. The molecule has 3 amide bonds. The van der Waals surface area contributed by atoms with Gasteiger partial charge in [0, 0.05) is 19.5 Å². The van der Waals surface area contributed by atoms with Crippen molar-refractivity contribution in [3.05, 3.63) is 48.4 Å². The van der Waals surface area contributed by atoms with E-state index < -0.39 is 17.7 Å². The van der Waals surface area contributed by atoms with Crippen molar-refractivity contribution < 1.29 is 19.1 Å². The maximum Gasteiger partial charge on any atom is 0.328 e. The molecule has 0 fully saturated rings. The van der Waals surface area contributed by atoms with E-state index in [4.69, 9.17) is 4.74 Å². The summed E-state index contributed by atoms with van der Waals surface area (Å²) in [6, 6.07) is 10.5. The normalized spacial score (nSPS) is 10.2. The number of anilines is 2. The zero-order valence-corrected chi connectivity index (χ0v) is 16.5. The molecule has 0 spiro atoms. The van der Waals surface area contributed by atoms with Crippen LogP contribution in [0, 0.1) is 0 Å². The standard InChI is InChI=1S/C19H19N7O4/c1-26(2)15-14(19(30-3)21-10-20-15)23-17(28)18(29)25-24-16(27)13-9-8-11-6-4-5-7-12(11)22-13/h4-10H,1-3H3,(H,23,28)(H,24,27)(H,25,29). The molecule has 3 rings (SSSR count). The van der Waals surface area contributed by atoms with E-state index in [1.54, 1.807) is 37.2 Å². The molecular formula is C19H19N7O4. The van der Waals surface area contributed by atoms with Gasteiger partial charge in [-0.15, -0.1) is 0 Å². The van der Waals surface area contributed by atoms with E-state index in [0.29, 0.717) is 11.3 Å². The predicted molar refractivity (Wildman–Crippen MR) is 109 cm³/mol. The molecule has 0 aliphatic heterocycles. The lowest BCUT2D eigenvalue weighted by Gasteiger charge is -2.17. The molecule has 0 unspecified atom stereocenters. The lowest BCUT2D eigenvalue weighted by Crippen LogP contribution is -2.47. The number of para-hydroxylation sites is 1. The summed E-state index contributed by atoms with van der Waals surface area (Å²) in [5.41, 5.74) is 5.04. The van der Waals surface area contributed by atoms with Crippen molar-refractivity contribution in [3.8, 4) is 5.88 Å². The molecule has 11 heteroatoms. The number of benzene rings is 1. The average Bonchev–Trinajstić information content (AvgIpc) is 2.76. The van der Waals surface area contributed by atoms with Crippen LogP contribution in [0.5, 0.6) is 5.88 Å². The summed E-state index contributed by atoms with van der Waals surface area (Å²) in [6.45, 7) is 0. The molecule has 0 radical (unpaired) electrons. The topological polar surface area (TPSA) is 138 Å². The van der Waals surface area contributed by atoms with E-state index in [2.05, 4.69) is 25.7 Å². The van der Waals surface area contributed by atoms with Crippen molar-refractivity contribution in [2.24, 2.45) is 0 Å². The largest absolute Gasteiger partial charge is 0.479 e. The van der Waals surface area contributed by atoms with Crippen LogP contribution in [-0.4, -0.2) is 53.9 Å². The molecule has 3 N–H and O–H groups in total. The molecule has 2 aromatic heterocycles. The Morgan fingerprint density at radius 1 is 0.967 bits per heavy atom. The maximum absolute atomic E-state index is 12.3. The molecule has 0 aliphatic carbocycles. The van der Waals surface area contributed by atoms with Gasteiger partial charge in [0.25, 0.3) is 5.91 Å². The highest BCUT2D eigenvalue weighted by atomic mass is 16.5. The summed E-state index contributed by atoms with van der Waals surface area (Å²) in [6.07, 6.45) is 1.26. The predicted octanol–water partition coefficient (Wildman–Crippen LogP) is 0.499. The van der Waals surface area contributed by atoms with Gasteiger partial charge in [0.05, 0.1) is 12.6 Å². The van der Waals surface area contributed by atoms with Crippen molar-refractivity contribution in [3.63, 3.8) is 0 Å². The van der Waals surface area contributed by atoms with Crippen LogP contribution in [0.4, 0.5) is 11.5 Å². The van der Waals surface area contributed by atoms with E-state index in [1.165, 1.54) is 19.5 Å². The van der Waals surface area contributed by atoms with Crippen LogP contribution < -0.4 is 25.8 Å². The van der Waals surface area contributed by atoms with Gasteiger partial charge in [-0.05, 0) is 12.1 Å². The Labute approximate surface area is 171 Å². The number of rotatable bonds is 4. The fourth-order valence-corrected chi connectivity index (χ4v) is 2.56. The Hall–Kier alpha value is -4.28. The summed E-state index contributed by atoms with van der Waals surface area (Å²) in [5.74, 6) is -2.39. The van der Waals surface area contributed by atoms with Gasteiger partial charge in [-0.3, -0.25) is 25.2 Å². The minimum atomic E-state index is -1.10. The quantitative estimate of drug-likeness (QED) is 0.418. The Morgan fingerprint density at radius 2 is 1.73 bits per heavy atom. The van der Waals surface area contributed by atoms with Crippen molar-refractivity contribution in [2.75, 3.05) is 31.4 Å². The second-order valence-corrected chi connectivity index (χ2v) is 6.23. The van der Waals surface area contributed by atoms with Gasteiger partial charge in [0.15, 0.2) is 5.82 Å². The fourth-order valence-electron chi connectivity index (χ4n) is 2.56. The second-order valence-electron chi connectivity index (χ2n) is 6.23. The van der Waals surface area contributed by atoms with Crippen LogP contribution in [0.15, 0.2) is 42.7 Å². The number of carbonyl (C=O) groups is 3. The smallest absolute Gasteiger partial charge is 0.328 e. The van der Waals surface area contributed by atoms with Gasteiger partial charge in [-0.1, -0.05) is 24.3 Å². The van der Waals surface area contributed by atoms with Gasteiger partial charge in [-0.2, -0.15) is 4.98 Å². The van der Waals surface area contributed by atoms with E-state index in [9.17, 15) is 14.4 Å². The van der Waals surface area contributed by atoms with E-state index in [-0.39, 0.29) is 17.3 Å². The van der Waals surface area contributed by atoms with E-state index in [1.807, 2.05) is 17.6 Å². The molecular weight excluding hydrogens is 390 g/mol. The molecule has 154 valence electrons. The van der Waals surface area contributed by atoms with Crippen LogP contribution in [0.2, 0.25) is 0 Å². The van der Waals surface area contributed by atoms with Crippen LogP contribution >= 0.6 is 0 Å². The number of aromatic nitrogens is 3. The molecule has 1 aromatic carbocycles. The number of carbonyl (C=O) groups excluding carboxylic acids is 3. The Kier molecular flexibility index (Phi) is 6.01. The number of hydrazine groups is 1. The third-order valence-electron chi connectivity index (χ3n) is 3.97. The van der Waals surface area contributed by atoms with Gasteiger partial charge in [0.2, 0.25) is 5.88 Å². The van der Waals surface area contributed by atoms with Gasteiger partial charge >= 0.3 is 11.8 Å².